The highest BCUT2D eigenvalue weighted by Crippen LogP contribution is 2.27. The van der Waals surface area contributed by atoms with Gasteiger partial charge in [-0.05, 0) is 38.0 Å². The second-order valence-electron chi connectivity index (χ2n) is 7.63. The molecule has 0 radical (unpaired) electrons. The number of aromatic nitrogens is 3. The molecular formula is C24H33N3O2S. The predicted octanol–water partition coefficient (Wildman–Crippen LogP) is 6.05. The monoisotopic (exact) mass is 427 g/mol. The third-order valence-corrected chi connectivity index (χ3v) is 6.17. The molecule has 0 spiro atoms. The van der Waals surface area contributed by atoms with E-state index < -0.39 is 0 Å². The average molecular weight is 428 g/mol. The van der Waals surface area contributed by atoms with Crippen molar-refractivity contribution in [2.24, 2.45) is 0 Å². The summed E-state index contributed by atoms with van der Waals surface area (Å²) in [5.74, 6) is 1.70. The summed E-state index contributed by atoms with van der Waals surface area (Å²) >= 11 is 1.67. The number of benzene rings is 1. The van der Waals surface area contributed by atoms with Crippen LogP contribution in [0.15, 0.2) is 41.7 Å². The van der Waals surface area contributed by atoms with E-state index in [0.29, 0.717) is 6.61 Å². The van der Waals surface area contributed by atoms with Gasteiger partial charge in [0.05, 0.1) is 23.3 Å². The Morgan fingerprint density at radius 1 is 0.967 bits per heavy atom. The lowest BCUT2D eigenvalue weighted by atomic mass is 10.1. The molecule has 5 nitrogen and oxygen atoms in total. The molecule has 3 aromatic rings. The molecule has 162 valence electrons. The summed E-state index contributed by atoms with van der Waals surface area (Å²) in [5, 5.41) is 9.70. The van der Waals surface area contributed by atoms with Crippen LogP contribution in [0.5, 0.6) is 5.75 Å². The van der Waals surface area contributed by atoms with Crippen molar-refractivity contribution in [1.82, 2.24) is 15.0 Å². The van der Waals surface area contributed by atoms with Gasteiger partial charge in [0.2, 0.25) is 0 Å². The van der Waals surface area contributed by atoms with Gasteiger partial charge in [0.25, 0.3) is 0 Å². The molecule has 0 aliphatic rings. The van der Waals surface area contributed by atoms with Crippen molar-refractivity contribution >= 4 is 22.8 Å². The molecule has 0 amide bonds. The van der Waals surface area contributed by atoms with Crippen LogP contribution in [0.4, 0.5) is 0 Å². The Labute approximate surface area is 183 Å². The summed E-state index contributed by atoms with van der Waals surface area (Å²) in [6.45, 7) is 3.17. The van der Waals surface area contributed by atoms with Gasteiger partial charge in [0, 0.05) is 24.1 Å². The molecule has 0 fully saturated rings. The molecule has 0 aliphatic heterocycles. The average Bonchev–Trinajstić information content (AvgIpc) is 3.18. The molecule has 0 atom stereocenters. The molecule has 1 aromatic carbocycles. The van der Waals surface area contributed by atoms with Crippen molar-refractivity contribution in [3.05, 3.63) is 47.8 Å². The Balaban J connectivity index is 1.38. The Hall–Kier alpha value is -2.05. The number of rotatable bonds is 14. The van der Waals surface area contributed by atoms with E-state index in [1.807, 2.05) is 36.5 Å². The molecule has 3 rings (SSSR count). The van der Waals surface area contributed by atoms with E-state index in [1.54, 1.807) is 11.8 Å². The first kappa shape index (κ1) is 22.6. The van der Waals surface area contributed by atoms with Crippen LogP contribution in [0.3, 0.4) is 0 Å². The van der Waals surface area contributed by atoms with Crippen LogP contribution < -0.4 is 4.74 Å². The fourth-order valence-corrected chi connectivity index (χ4v) is 4.36. The summed E-state index contributed by atoms with van der Waals surface area (Å²) < 4.78 is 6.04. The fourth-order valence-electron chi connectivity index (χ4n) is 3.45. The topological polar surface area (TPSA) is 71.0 Å². The quantitative estimate of drug-likeness (QED) is 0.242. The normalized spacial score (nSPS) is 11.3. The second-order valence-corrected chi connectivity index (χ2v) is 8.59. The first-order chi connectivity index (χ1) is 14.8. The lowest BCUT2D eigenvalue weighted by molar-refractivity contribution is 0.282. The SMILES string of the molecule is Cc1c(OCCCCCCCCCCO)ccnc1CSc1nc2ccccc2[nH]1. The van der Waals surface area contributed by atoms with E-state index in [0.717, 1.165) is 64.8 Å². The molecular weight excluding hydrogens is 394 g/mol. The van der Waals surface area contributed by atoms with Gasteiger partial charge >= 0.3 is 0 Å². The maximum absolute atomic E-state index is 8.78. The number of fused-ring (bicyclic) bond motifs is 1. The maximum Gasteiger partial charge on any atom is 0.166 e. The zero-order valence-corrected chi connectivity index (χ0v) is 18.7. The molecule has 2 heterocycles. The van der Waals surface area contributed by atoms with E-state index in [9.17, 15) is 0 Å². The standard InChI is InChI=1S/C24H33N3O2S/c1-19-22(18-30-24-26-20-12-8-9-13-21(20)27-24)25-15-14-23(19)29-17-11-7-5-3-2-4-6-10-16-28/h8-9,12-15,28H,2-7,10-11,16-18H2,1H3,(H,26,27). The summed E-state index contributed by atoms with van der Waals surface area (Å²) in [5.41, 5.74) is 4.21. The van der Waals surface area contributed by atoms with Gasteiger partial charge in [-0.3, -0.25) is 4.98 Å². The summed E-state index contributed by atoms with van der Waals surface area (Å²) in [6, 6.07) is 10.0. The van der Waals surface area contributed by atoms with Gasteiger partial charge in [0.15, 0.2) is 5.16 Å². The first-order valence-corrected chi connectivity index (χ1v) is 12.0. The van der Waals surface area contributed by atoms with Gasteiger partial charge in [-0.25, -0.2) is 4.98 Å². The minimum Gasteiger partial charge on any atom is -0.493 e. The van der Waals surface area contributed by atoms with E-state index in [2.05, 4.69) is 21.9 Å². The summed E-state index contributed by atoms with van der Waals surface area (Å²) in [6.07, 6.45) is 11.3. The number of aromatic amines is 1. The highest BCUT2D eigenvalue weighted by atomic mass is 32.2. The number of hydrogen-bond acceptors (Lipinski definition) is 5. The minimum atomic E-state index is 0.325. The van der Waals surface area contributed by atoms with Crippen LogP contribution in [0, 0.1) is 6.92 Å². The largest absolute Gasteiger partial charge is 0.493 e. The molecule has 0 bridgehead atoms. The highest BCUT2D eigenvalue weighted by molar-refractivity contribution is 7.98. The third-order valence-electron chi connectivity index (χ3n) is 5.28. The van der Waals surface area contributed by atoms with Crippen molar-refractivity contribution in [3.63, 3.8) is 0 Å². The Kier molecular flexibility index (Phi) is 9.51. The van der Waals surface area contributed by atoms with Crippen molar-refractivity contribution in [3.8, 4) is 5.75 Å². The van der Waals surface area contributed by atoms with Crippen molar-refractivity contribution in [1.29, 1.82) is 0 Å². The van der Waals surface area contributed by atoms with E-state index in [1.165, 1.54) is 32.1 Å². The number of aliphatic hydroxyl groups excluding tert-OH is 1. The lowest BCUT2D eigenvalue weighted by Crippen LogP contribution is -2.02. The number of imidazole rings is 1. The van der Waals surface area contributed by atoms with Crippen LogP contribution in [0.2, 0.25) is 0 Å². The molecule has 0 unspecified atom stereocenters. The molecule has 0 aliphatic carbocycles. The number of H-pyrrole nitrogens is 1. The molecule has 6 heteroatoms. The molecule has 2 aromatic heterocycles. The lowest BCUT2D eigenvalue weighted by Gasteiger charge is -2.11. The predicted molar refractivity (Wildman–Crippen MR) is 124 cm³/mol. The zero-order chi connectivity index (χ0) is 21.0. The molecule has 0 saturated carbocycles. The van der Waals surface area contributed by atoms with E-state index in [-0.39, 0.29) is 0 Å². The Morgan fingerprint density at radius 2 is 1.70 bits per heavy atom. The minimum absolute atomic E-state index is 0.325. The van der Waals surface area contributed by atoms with Gasteiger partial charge in [-0.2, -0.15) is 0 Å². The molecule has 2 N–H and O–H groups in total. The van der Waals surface area contributed by atoms with Crippen molar-refractivity contribution in [2.45, 2.75) is 69.2 Å². The number of para-hydroxylation sites is 2. The van der Waals surface area contributed by atoms with Crippen molar-refractivity contribution < 1.29 is 9.84 Å². The van der Waals surface area contributed by atoms with Gasteiger partial charge in [-0.1, -0.05) is 62.4 Å². The van der Waals surface area contributed by atoms with Crippen LogP contribution >= 0.6 is 11.8 Å². The van der Waals surface area contributed by atoms with Gasteiger partial charge in [0.1, 0.15) is 5.75 Å². The van der Waals surface area contributed by atoms with Crippen LogP contribution in [0.1, 0.15) is 62.6 Å². The van der Waals surface area contributed by atoms with E-state index >= 15 is 0 Å². The summed E-state index contributed by atoms with van der Waals surface area (Å²) in [7, 11) is 0. The number of hydrogen-bond donors (Lipinski definition) is 2. The van der Waals surface area contributed by atoms with E-state index in [4.69, 9.17) is 9.84 Å². The first-order valence-electron chi connectivity index (χ1n) is 11.0. The fraction of sp³-hybridized carbons (Fsp3) is 0.500. The zero-order valence-electron chi connectivity index (χ0n) is 17.9. The third kappa shape index (κ3) is 7.03. The summed E-state index contributed by atoms with van der Waals surface area (Å²) in [4.78, 5) is 12.5. The number of nitrogens with one attached hydrogen (secondary N) is 1. The van der Waals surface area contributed by atoms with Gasteiger partial charge < -0.3 is 14.8 Å². The van der Waals surface area contributed by atoms with Crippen molar-refractivity contribution in [2.75, 3.05) is 13.2 Å². The number of pyridine rings is 1. The number of aliphatic hydroxyl groups is 1. The van der Waals surface area contributed by atoms with Gasteiger partial charge in [-0.15, -0.1) is 0 Å². The second kappa shape index (κ2) is 12.6. The van der Waals surface area contributed by atoms with Crippen LogP contribution in [0.25, 0.3) is 11.0 Å². The van der Waals surface area contributed by atoms with Crippen LogP contribution in [-0.2, 0) is 5.75 Å². The Morgan fingerprint density at radius 3 is 2.47 bits per heavy atom. The van der Waals surface area contributed by atoms with Crippen LogP contribution in [-0.4, -0.2) is 33.3 Å². The number of nitrogens with zero attached hydrogens (tertiary/aromatic N) is 2. The molecule has 30 heavy (non-hydrogen) atoms. The number of unbranched alkanes of at least 4 members (excludes halogenated alkanes) is 7. The molecule has 0 saturated heterocycles. The number of thioether (sulfide) groups is 1. The maximum atomic E-state index is 8.78. The smallest absolute Gasteiger partial charge is 0.166 e. The highest BCUT2D eigenvalue weighted by Gasteiger charge is 2.09. The Bertz CT molecular complexity index is 864. The number of ether oxygens (including phenoxy) is 1.